The second kappa shape index (κ2) is 4.84. The maximum absolute atomic E-state index is 11.5. The molecular formula is C14H15NO4. The largest absolute Gasteiger partial charge is 0.490 e. The fourth-order valence-electron chi connectivity index (χ4n) is 2.22. The van der Waals surface area contributed by atoms with Gasteiger partial charge in [-0.15, -0.1) is 0 Å². The number of furan rings is 1. The number of esters is 1. The molecule has 5 nitrogen and oxygen atoms in total. The van der Waals surface area contributed by atoms with Crippen LogP contribution >= 0.6 is 0 Å². The van der Waals surface area contributed by atoms with Gasteiger partial charge in [-0.1, -0.05) is 0 Å². The number of carbonyl (C=O) groups is 1. The standard InChI is InChI=1S/C14H15NO4/c1-2-17-14(16)5-9-8-19-12-7-11-13(6-10(9)12)18-4-3-15-11/h6-8,15H,2-5H2,1H3. The Hall–Kier alpha value is -2.17. The lowest BCUT2D eigenvalue weighted by molar-refractivity contribution is -0.142. The fourth-order valence-corrected chi connectivity index (χ4v) is 2.22. The zero-order chi connectivity index (χ0) is 13.2. The minimum absolute atomic E-state index is 0.215. The van der Waals surface area contributed by atoms with Crippen LogP contribution in [-0.4, -0.2) is 25.7 Å². The summed E-state index contributed by atoms with van der Waals surface area (Å²) in [5.74, 6) is 0.548. The van der Waals surface area contributed by atoms with E-state index < -0.39 is 0 Å². The quantitative estimate of drug-likeness (QED) is 0.859. The van der Waals surface area contributed by atoms with Crippen molar-refractivity contribution < 1.29 is 18.7 Å². The number of nitrogens with one attached hydrogen (secondary N) is 1. The lowest BCUT2D eigenvalue weighted by Gasteiger charge is -2.18. The maximum atomic E-state index is 11.5. The van der Waals surface area contributed by atoms with Gasteiger partial charge in [0.25, 0.3) is 0 Å². The van der Waals surface area contributed by atoms with Crippen LogP contribution in [-0.2, 0) is 16.0 Å². The summed E-state index contributed by atoms with van der Waals surface area (Å²) in [6.07, 6.45) is 1.82. The summed E-state index contributed by atoms with van der Waals surface area (Å²) in [6.45, 7) is 3.61. The molecule has 1 aromatic carbocycles. The average Bonchev–Trinajstić information content (AvgIpc) is 2.79. The number of hydrogen-bond donors (Lipinski definition) is 1. The van der Waals surface area contributed by atoms with Gasteiger partial charge >= 0.3 is 5.97 Å². The van der Waals surface area contributed by atoms with Crippen molar-refractivity contribution >= 4 is 22.6 Å². The molecule has 3 rings (SSSR count). The van der Waals surface area contributed by atoms with Crippen LogP contribution in [0.25, 0.3) is 11.0 Å². The van der Waals surface area contributed by atoms with E-state index in [4.69, 9.17) is 13.9 Å². The molecule has 0 atom stereocenters. The third kappa shape index (κ3) is 2.23. The first-order valence-corrected chi connectivity index (χ1v) is 6.34. The molecule has 0 saturated heterocycles. The van der Waals surface area contributed by atoms with Crippen LogP contribution in [0, 0.1) is 0 Å². The molecule has 2 heterocycles. The van der Waals surface area contributed by atoms with E-state index in [0.717, 1.165) is 34.5 Å². The first kappa shape index (κ1) is 11.9. The number of anilines is 1. The zero-order valence-corrected chi connectivity index (χ0v) is 10.7. The summed E-state index contributed by atoms with van der Waals surface area (Å²) in [6, 6.07) is 3.81. The second-order valence-electron chi connectivity index (χ2n) is 4.36. The minimum Gasteiger partial charge on any atom is -0.490 e. The van der Waals surface area contributed by atoms with Crippen molar-refractivity contribution in [1.29, 1.82) is 0 Å². The van der Waals surface area contributed by atoms with Gasteiger partial charge in [0.15, 0.2) is 0 Å². The number of carbonyl (C=O) groups excluding carboxylic acids is 1. The Balaban J connectivity index is 1.95. The highest BCUT2D eigenvalue weighted by molar-refractivity contribution is 5.90. The van der Waals surface area contributed by atoms with Crippen molar-refractivity contribution in [3.8, 4) is 5.75 Å². The molecule has 0 fully saturated rings. The Morgan fingerprint density at radius 2 is 2.37 bits per heavy atom. The van der Waals surface area contributed by atoms with Gasteiger partial charge in [0, 0.05) is 23.6 Å². The highest BCUT2D eigenvalue weighted by atomic mass is 16.5. The summed E-state index contributed by atoms with van der Waals surface area (Å²) in [7, 11) is 0. The Bertz CT molecular complexity index is 617. The molecule has 0 unspecified atom stereocenters. The number of benzene rings is 1. The van der Waals surface area contributed by atoms with Crippen molar-refractivity contribution in [2.24, 2.45) is 0 Å². The molecular weight excluding hydrogens is 246 g/mol. The number of fused-ring (bicyclic) bond motifs is 2. The van der Waals surface area contributed by atoms with Crippen molar-refractivity contribution in [3.05, 3.63) is 24.0 Å². The Kier molecular flexibility index (Phi) is 3.03. The van der Waals surface area contributed by atoms with Gasteiger partial charge in [-0.05, 0) is 13.0 Å². The van der Waals surface area contributed by atoms with Gasteiger partial charge in [-0.25, -0.2) is 0 Å². The molecule has 0 bridgehead atoms. The second-order valence-corrected chi connectivity index (χ2v) is 4.36. The Morgan fingerprint density at radius 3 is 3.21 bits per heavy atom. The van der Waals surface area contributed by atoms with Crippen molar-refractivity contribution in [2.75, 3.05) is 25.1 Å². The van der Waals surface area contributed by atoms with Crippen LogP contribution in [0.3, 0.4) is 0 Å². The van der Waals surface area contributed by atoms with Gasteiger partial charge in [0.05, 0.1) is 25.0 Å². The number of ether oxygens (including phenoxy) is 2. The van der Waals surface area contributed by atoms with E-state index in [1.807, 2.05) is 12.1 Å². The molecule has 19 heavy (non-hydrogen) atoms. The summed E-state index contributed by atoms with van der Waals surface area (Å²) < 4.78 is 16.0. The summed E-state index contributed by atoms with van der Waals surface area (Å²) in [5.41, 5.74) is 2.50. The van der Waals surface area contributed by atoms with Crippen molar-refractivity contribution in [1.82, 2.24) is 0 Å². The molecule has 100 valence electrons. The van der Waals surface area contributed by atoms with Gasteiger partial charge < -0.3 is 19.2 Å². The molecule has 1 aliphatic heterocycles. The minimum atomic E-state index is -0.248. The van der Waals surface area contributed by atoms with Crippen LogP contribution in [0.2, 0.25) is 0 Å². The molecule has 1 aliphatic rings. The molecule has 0 amide bonds. The lowest BCUT2D eigenvalue weighted by Crippen LogP contribution is -2.17. The summed E-state index contributed by atoms with van der Waals surface area (Å²) in [4.78, 5) is 11.5. The van der Waals surface area contributed by atoms with E-state index in [-0.39, 0.29) is 12.4 Å². The predicted octanol–water partition coefficient (Wildman–Crippen LogP) is 2.34. The first-order valence-electron chi connectivity index (χ1n) is 6.34. The van der Waals surface area contributed by atoms with Crippen LogP contribution in [0.15, 0.2) is 22.8 Å². The van der Waals surface area contributed by atoms with Crippen molar-refractivity contribution in [2.45, 2.75) is 13.3 Å². The Labute approximate surface area is 110 Å². The average molecular weight is 261 g/mol. The Morgan fingerprint density at radius 1 is 1.47 bits per heavy atom. The normalized spacial score (nSPS) is 13.5. The summed E-state index contributed by atoms with van der Waals surface area (Å²) in [5, 5.41) is 4.15. The third-order valence-corrected chi connectivity index (χ3v) is 3.07. The maximum Gasteiger partial charge on any atom is 0.310 e. The summed E-state index contributed by atoms with van der Waals surface area (Å²) >= 11 is 0. The van der Waals surface area contributed by atoms with Gasteiger partial charge in [0.2, 0.25) is 0 Å². The van der Waals surface area contributed by atoms with Gasteiger partial charge in [0.1, 0.15) is 17.9 Å². The van der Waals surface area contributed by atoms with Crippen LogP contribution < -0.4 is 10.1 Å². The molecule has 5 heteroatoms. The van der Waals surface area contributed by atoms with Gasteiger partial charge in [-0.3, -0.25) is 4.79 Å². The highest BCUT2D eigenvalue weighted by Gasteiger charge is 2.16. The number of rotatable bonds is 3. The van der Waals surface area contributed by atoms with E-state index in [2.05, 4.69) is 5.32 Å². The van der Waals surface area contributed by atoms with E-state index in [9.17, 15) is 4.79 Å². The molecule has 0 saturated carbocycles. The molecule has 0 radical (unpaired) electrons. The predicted molar refractivity (Wildman–Crippen MR) is 70.5 cm³/mol. The number of hydrogen-bond acceptors (Lipinski definition) is 5. The van der Waals surface area contributed by atoms with E-state index in [0.29, 0.717) is 13.2 Å². The van der Waals surface area contributed by atoms with E-state index >= 15 is 0 Å². The monoisotopic (exact) mass is 261 g/mol. The smallest absolute Gasteiger partial charge is 0.310 e. The molecule has 2 aromatic rings. The van der Waals surface area contributed by atoms with Crippen LogP contribution in [0.4, 0.5) is 5.69 Å². The third-order valence-electron chi connectivity index (χ3n) is 3.07. The van der Waals surface area contributed by atoms with Crippen LogP contribution in [0.1, 0.15) is 12.5 Å². The lowest BCUT2D eigenvalue weighted by atomic mass is 10.1. The van der Waals surface area contributed by atoms with E-state index in [1.54, 1.807) is 13.2 Å². The topological polar surface area (TPSA) is 60.7 Å². The first-order chi connectivity index (χ1) is 9.28. The van der Waals surface area contributed by atoms with E-state index in [1.165, 1.54) is 0 Å². The molecule has 0 spiro atoms. The molecule has 1 aromatic heterocycles. The highest BCUT2D eigenvalue weighted by Crippen LogP contribution is 2.34. The van der Waals surface area contributed by atoms with Gasteiger partial charge in [-0.2, -0.15) is 0 Å². The van der Waals surface area contributed by atoms with Crippen LogP contribution in [0.5, 0.6) is 5.75 Å². The van der Waals surface area contributed by atoms with Crippen molar-refractivity contribution in [3.63, 3.8) is 0 Å². The zero-order valence-electron chi connectivity index (χ0n) is 10.7. The molecule has 0 aliphatic carbocycles. The molecule has 1 N–H and O–H groups in total. The fraction of sp³-hybridized carbons (Fsp3) is 0.357. The SMILES string of the molecule is CCOC(=O)Cc1coc2cc3c(cc12)OCCN3.